The van der Waals surface area contributed by atoms with Crippen LogP contribution >= 0.6 is 0 Å². The van der Waals surface area contributed by atoms with Crippen LogP contribution in [-0.4, -0.2) is 36.8 Å². The minimum absolute atomic E-state index is 0.0569. The van der Waals surface area contributed by atoms with Gasteiger partial charge in [0.25, 0.3) is 0 Å². The SMILES string of the molecule is CCNC(=NCC1(C)CCCCC1O)NCCC(C)C. The van der Waals surface area contributed by atoms with E-state index in [1.807, 2.05) is 0 Å². The Bertz CT molecular complexity index is 304. The van der Waals surface area contributed by atoms with E-state index in [1.54, 1.807) is 0 Å². The molecule has 1 fully saturated rings. The Labute approximate surface area is 124 Å². The number of nitrogens with zero attached hydrogens (tertiary/aromatic N) is 1. The lowest BCUT2D eigenvalue weighted by atomic mass is 9.73. The van der Waals surface area contributed by atoms with Crippen molar-refractivity contribution >= 4 is 5.96 Å². The molecule has 4 nitrogen and oxygen atoms in total. The van der Waals surface area contributed by atoms with Crippen molar-refractivity contribution in [3.8, 4) is 0 Å². The van der Waals surface area contributed by atoms with Crippen molar-refractivity contribution in [1.82, 2.24) is 10.6 Å². The second-order valence-corrected chi connectivity index (χ2v) is 6.72. The van der Waals surface area contributed by atoms with Gasteiger partial charge in [-0.15, -0.1) is 0 Å². The van der Waals surface area contributed by atoms with Gasteiger partial charge in [0.1, 0.15) is 0 Å². The molecule has 4 heteroatoms. The minimum atomic E-state index is -0.210. The van der Waals surface area contributed by atoms with E-state index in [0.717, 1.165) is 44.7 Å². The zero-order valence-electron chi connectivity index (χ0n) is 13.7. The van der Waals surface area contributed by atoms with Crippen molar-refractivity contribution in [2.75, 3.05) is 19.6 Å². The molecular formula is C16H33N3O. The smallest absolute Gasteiger partial charge is 0.191 e. The summed E-state index contributed by atoms with van der Waals surface area (Å²) in [4.78, 5) is 4.69. The summed E-state index contributed by atoms with van der Waals surface area (Å²) in [6.07, 6.45) is 5.28. The lowest BCUT2D eigenvalue weighted by Gasteiger charge is -2.37. The summed E-state index contributed by atoms with van der Waals surface area (Å²) >= 11 is 0. The van der Waals surface area contributed by atoms with Gasteiger partial charge < -0.3 is 15.7 Å². The van der Waals surface area contributed by atoms with Crippen molar-refractivity contribution in [3.63, 3.8) is 0 Å². The highest BCUT2D eigenvalue weighted by Crippen LogP contribution is 2.36. The van der Waals surface area contributed by atoms with E-state index in [0.29, 0.717) is 12.5 Å². The monoisotopic (exact) mass is 283 g/mol. The van der Waals surface area contributed by atoms with Gasteiger partial charge in [-0.25, -0.2) is 0 Å². The predicted molar refractivity (Wildman–Crippen MR) is 86.0 cm³/mol. The Morgan fingerprint density at radius 2 is 2.10 bits per heavy atom. The van der Waals surface area contributed by atoms with Gasteiger partial charge in [-0.1, -0.05) is 33.6 Å². The van der Waals surface area contributed by atoms with Crippen LogP contribution in [0.2, 0.25) is 0 Å². The molecule has 20 heavy (non-hydrogen) atoms. The lowest BCUT2D eigenvalue weighted by molar-refractivity contribution is 0.00716. The van der Waals surface area contributed by atoms with Gasteiger partial charge in [0, 0.05) is 18.5 Å². The van der Waals surface area contributed by atoms with Crippen LogP contribution in [0.5, 0.6) is 0 Å². The summed E-state index contributed by atoms with van der Waals surface area (Å²) in [5.41, 5.74) is -0.0569. The molecule has 3 N–H and O–H groups in total. The van der Waals surface area contributed by atoms with Gasteiger partial charge in [-0.2, -0.15) is 0 Å². The van der Waals surface area contributed by atoms with E-state index in [4.69, 9.17) is 4.99 Å². The molecule has 1 aliphatic rings. The zero-order valence-corrected chi connectivity index (χ0v) is 13.7. The third-order valence-corrected chi connectivity index (χ3v) is 4.24. The number of aliphatic imine (C=N–C) groups is 1. The van der Waals surface area contributed by atoms with E-state index in [-0.39, 0.29) is 11.5 Å². The average molecular weight is 283 g/mol. The minimum Gasteiger partial charge on any atom is -0.392 e. The molecule has 0 radical (unpaired) electrons. The van der Waals surface area contributed by atoms with Crippen LogP contribution in [0.25, 0.3) is 0 Å². The van der Waals surface area contributed by atoms with Crippen LogP contribution in [0.1, 0.15) is 59.8 Å². The molecular weight excluding hydrogens is 250 g/mol. The molecule has 118 valence electrons. The number of aliphatic hydroxyl groups excluding tert-OH is 1. The quantitative estimate of drug-likeness (QED) is 0.518. The second-order valence-electron chi connectivity index (χ2n) is 6.72. The Hall–Kier alpha value is -0.770. The van der Waals surface area contributed by atoms with Gasteiger partial charge in [0.15, 0.2) is 5.96 Å². The Balaban J connectivity index is 2.52. The summed E-state index contributed by atoms with van der Waals surface area (Å²) in [6, 6.07) is 0. The molecule has 0 aromatic rings. The average Bonchev–Trinajstić information content (AvgIpc) is 2.39. The number of nitrogens with one attached hydrogen (secondary N) is 2. The van der Waals surface area contributed by atoms with Crippen LogP contribution in [0.4, 0.5) is 0 Å². The molecule has 2 unspecified atom stereocenters. The Morgan fingerprint density at radius 3 is 2.70 bits per heavy atom. The van der Waals surface area contributed by atoms with E-state index in [9.17, 15) is 5.11 Å². The number of hydrogen-bond donors (Lipinski definition) is 3. The molecule has 0 amide bonds. The van der Waals surface area contributed by atoms with E-state index < -0.39 is 0 Å². The van der Waals surface area contributed by atoms with Crippen LogP contribution < -0.4 is 10.6 Å². The second kappa shape index (κ2) is 8.50. The van der Waals surface area contributed by atoms with Crippen LogP contribution in [0.15, 0.2) is 4.99 Å². The molecule has 0 aliphatic heterocycles. The molecule has 1 aliphatic carbocycles. The fourth-order valence-corrected chi connectivity index (χ4v) is 2.65. The summed E-state index contributed by atoms with van der Waals surface area (Å²) in [7, 11) is 0. The van der Waals surface area contributed by atoms with E-state index >= 15 is 0 Å². The van der Waals surface area contributed by atoms with Crippen molar-refractivity contribution in [2.45, 2.75) is 65.9 Å². The molecule has 0 spiro atoms. The number of rotatable bonds is 6. The van der Waals surface area contributed by atoms with Crippen molar-refractivity contribution in [3.05, 3.63) is 0 Å². The third-order valence-electron chi connectivity index (χ3n) is 4.24. The van der Waals surface area contributed by atoms with E-state index in [2.05, 4.69) is 38.3 Å². The van der Waals surface area contributed by atoms with Crippen LogP contribution in [0, 0.1) is 11.3 Å². The summed E-state index contributed by atoms with van der Waals surface area (Å²) < 4.78 is 0. The van der Waals surface area contributed by atoms with Gasteiger partial charge >= 0.3 is 0 Å². The number of hydrogen-bond acceptors (Lipinski definition) is 2. The third kappa shape index (κ3) is 5.70. The Morgan fingerprint density at radius 1 is 1.35 bits per heavy atom. The van der Waals surface area contributed by atoms with E-state index in [1.165, 1.54) is 6.42 Å². The maximum Gasteiger partial charge on any atom is 0.191 e. The molecule has 2 atom stereocenters. The normalized spacial score (nSPS) is 27.7. The summed E-state index contributed by atoms with van der Waals surface area (Å²) in [5, 5.41) is 16.9. The van der Waals surface area contributed by atoms with Crippen LogP contribution in [0.3, 0.4) is 0 Å². The predicted octanol–water partition coefficient (Wildman–Crippen LogP) is 2.53. The summed E-state index contributed by atoms with van der Waals surface area (Å²) in [6.45, 7) is 11.2. The Kier molecular flexibility index (Phi) is 7.35. The molecule has 0 saturated heterocycles. The molecule has 1 saturated carbocycles. The summed E-state index contributed by atoms with van der Waals surface area (Å²) in [5.74, 6) is 1.58. The molecule has 0 heterocycles. The van der Waals surface area contributed by atoms with Gasteiger partial charge in [-0.3, -0.25) is 4.99 Å². The van der Waals surface area contributed by atoms with Crippen molar-refractivity contribution in [2.24, 2.45) is 16.3 Å². The van der Waals surface area contributed by atoms with Gasteiger partial charge in [0.05, 0.1) is 12.6 Å². The highest BCUT2D eigenvalue weighted by atomic mass is 16.3. The first kappa shape index (κ1) is 17.3. The first-order valence-corrected chi connectivity index (χ1v) is 8.18. The number of aliphatic hydroxyl groups is 1. The first-order valence-electron chi connectivity index (χ1n) is 8.18. The molecule has 0 bridgehead atoms. The maximum absolute atomic E-state index is 10.2. The molecule has 0 aromatic carbocycles. The fourth-order valence-electron chi connectivity index (χ4n) is 2.65. The lowest BCUT2D eigenvalue weighted by Crippen LogP contribution is -2.42. The topological polar surface area (TPSA) is 56.7 Å². The molecule has 1 rings (SSSR count). The highest BCUT2D eigenvalue weighted by molar-refractivity contribution is 5.79. The van der Waals surface area contributed by atoms with Gasteiger partial charge in [0.2, 0.25) is 0 Å². The zero-order chi connectivity index (χ0) is 15.0. The number of guanidine groups is 1. The standard InChI is InChI=1S/C16H33N3O/c1-5-17-15(18-11-9-13(2)3)19-12-16(4)10-7-6-8-14(16)20/h13-14,20H,5-12H2,1-4H3,(H2,17,18,19). The largest absolute Gasteiger partial charge is 0.392 e. The highest BCUT2D eigenvalue weighted by Gasteiger charge is 2.35. The maximum atomic E-state index is 10.2. The fraction of sp³-hybridized carbons (Fsp3) is 0.938. The van der Waals surface area contributed by atoms with Crippen molar-refractivity contribution < 1.29 is 5.11 Å². The van der Waals surface area contributed by atoms with Crippen molar-refractivity contribution in [1.29, 1.82) is 0 Å². The first-order chi connectivity index (χ1) is 9.48. The van der Waals surface area contributed by atoms with Gasteiger partial charge in [-0.05, 0) is 32.1 Å². The van der Waals surface area contributed by atoms with Crippen LogP contribution in [-0.2, 0) is 0 Å². The molecule has 0 aromatic heterocycles.